The average Bonchev–Trinajstić information content (AvgIpc) is 3.70. The van der Waals surface area contributed by atoms with Crippen molar-refractivity contribution in [3.05, 3.63) is 30.3 Å². The first kappa shape index (κ1) is 26.3. The largest absolute Gasteiger partial charge is 0.487 e. The number of likely N-dealkylation sites (tertiary alicyclic amines) is 1. The van der Waals surface area contributed by atoms with Gasteiger partial charge in [-0.2, -0.15) is 0 Å². The van der Waals surface area contributed by atoms with Gasteiger partial charge in [0.15, 0.2) is 0 Å². The van der Waals surface area contributed by atoms with Crippen molar-refractivity contribution in [3.63, 3.8) is 0 Å². The lowest BCUT2D eigenvalue weighted by Crippen LogP contribution is -2.69. The smallest absolute Gasteiger partial charge is 0.226 e. The van der Waals surface area contributed by atoms with Gasteiger partial charge in [0.2, 0.25) is 5.91 Å². The number of hydrogen-bond donors (Lipinski definition) is 1. The summed E-state index contributed by atoms with van der Waals surface area (Å²) in [5.74, 6) is 4.12. The van der Waals surface area contributed by atoms with Gasteiger partial charge in [-0.05, 0) is 125 Å². The number of alkyl halides is 1. The molecule has 6 fully saturated rings. The molecule has 6 aliphatic rings. The van der Waals surface area contributed by atoms with Crippen LogP contribution in [0.1, 0.15) is 91.4 Å². The summed E-state index contributed by atoms with van der Waals surface area (Å²) in [6, 6.07) is 10.0. The second-order valence-electron chi connectivity index (χ2n) is 15.1. The van der Waals surface area contributed by atoms with Crippen LogP contribution in [-0.2, 0) is 4.79 Å². The van der Waals surface area contributed by atoms with E-state index in [1.165, 1.54) is 6.42 Å². The summed E-state index contributed by atoms with van der Waals surface area (Å²) in [5.41, 5.74) is -0.102. The zero-order valence-corrected chi connectivity index (χ0v) is 24.2. The van der Waals surface area contributed by atoms with Crippen LogP contribution in [0, 0.1) is 46.3 Å². The molecule has 7 rings (SSSR count). The highest BCUT2D eigenvalue weighted by Gasteiger charge is 2.70. The zero-order valence-electron chi connectivity index (χ0n) is 24.2. The lowest BCUT2D eigenvalue weighted by molar-refractivity contribution is -0.223. The van der Waals surface area contributed by atoms with Crippen LogP contribution < -0.4 is 4.74 Å². The molecular weight excluding hydrogens is 489 g/mol. The number of hydrogen-bond acceptors (Lipinski definition) is 3. The third kappa shape index (κ3) is 3.87. The molecule has 1 aromatic carbocycles. The molecule has 5 heteroatoms. The summed E-state index contributed by atoms with van der Waals surface area (Å²) in [6.45, 7) is 8.22. The van der Waals surface area contributed by atoms with Crippen molar-refractivity contribution in [3.8, 4) is 5.75 Å². The van der Waals surface area contributed by atoms with Gasteiger partial charge in [-0.1, -0.05) is 32.0 Å². The molecule has 39 heavy (non-hydrogen) atoms. The molecule has 5 aliphatic carbocycles. The molecule has 1 saturated heterocycles. The molecule has 1 heterocycles. The van der Waals surface area contributed by atoms with Crippen molar-refractivity contribution in [1.29, 1.82) is 0 Å². The van der Waals surface area contributed by atoms with Gasteiger partial charge in [-0.3, -0.25) is 4.79 Å². The Morgan fingerprint density at radius 1 is 0.949 bits per heavy atom. The van der Waals surface area contributed by atoms with Crippen molar-refractivity contribution in [1.82, 2.24) is 4.90 Å². The maximum atomic E-state index is 14.3. The normalized spacial score (nSPS) is 50.6. The lowest BCUT2D eigenvalue weighted by atomic mass is 9.39. The Bertz CT molecular complexity index is 1100. The van der Waals surface area contributed by atoms with Gasteiger partial charge < -0.3 is 14.7 Å². The zero-order chi connectivity index (χ0) is 27.2. The molecule has 214 valence electrons. The first-order chi connectivity index (χ1) is 18.7. The fourth-order valence-corrected chi connectivity index (χ4v) is 11.1. The number of aliphatic hydroxyl groups is 1. The Morgan fingerprint density at radius 3 is 2.49 bits per heavy atom. The number of benzene rings is 1. The third-order valence-electron chi connectivity index (χ3n) is 13.4. The van der Waals surface area contributed by atoms with Crippen LogP contribution in [0.4, 0.5) is 4.39 Å². The van der Waals surface area contributed by atoms with Gasteiger partial charge in [-0.15, -0.1) is 0 Å². The summed E-state index contributed by atoms with van der Waals surface area (Å²) in [6.07, 6.45) is 8.79. The maximum Gasteiger partial charge on any atom is 0.226 e. The van der Waals surface area contributed by atoms with E-state index in [1.807, 2.05) is 30.3 Å². The Labute approximate surface area is 234 Å². The fraction of sp³-hybridized carbons (Fsp3) is 0.794. The number of nitrogens with zero attached hydrogens (tertiary/aromatic N) is 1. The molecule has 1 N–H and O–H groups in total. The first-order valence-electron chi connectivity index (χ1n) is 16.0. The molecule has 0 bridgehead atoms. The minimum Gasteiger partial charge on any atom is -0.487 e. The summed E-state index contributed by atoms with van der Waals surface area (Å²) < 4.78 is 21.0. The monoisotopic (exact) mass is 537 g/mol. The number of rotatable bonds is 3. The van der Waals surface area contributed by atoms with Gasteiger partial charge in [0.05, 0.1) is 6.10 Å². The summed E-state index contributed by atoms with van der Waals surface area (Å²) in [5, 5.41) is 11.3. The van der Waals surface area contributed by atoms with Gasteiger partial charge in [-0.25, -0.2) is 4.39 Å². The number of carbonyl (C=O) groups is 1. The van der Waals surface area contributed by atoms with Gasteiger partial charge in [0, 0.05) is 23.4 Å². The topological polar surface area (TPSA) is 49.8 Å². The minimum absolute atomic E-state index is 0.0947. The average molecular weight is 538 g/mol. The van der Waals surface area contributed by atoms with E-state index in [4.69, 9.17) is 4.74 Å². The van der Waals surface area contributed by atoms with E-state index >= 15 is 0 Å². The molecule has 0 spiro atoms. The molecular formula is C34H48FNO3. The number of amides is 1. The van der Waals surface area contributed by atoms with E-state index in [2.05, 4.69) is 25.7 Å². The van der Waals surface area contributed by atoms with Gasteiger partial charge in [0.25, 0.3) is 0 Å². The molecule has 12 atom stereocenters. The third-order valence-corrected chi connectivity index (χ3v) is 13.4. The molecule has 4 nitrogen and oxygen atoms in total. The van der Waals surface area contributed by atoms with Crippen LogP contribution in [0.15, 0.2) is 30.3 Å². The molecule has 1 amide bonds. The summed E-state index contributed by atoms with van der Waals surface area (Å²) in [7, 11) is 0. The summed E-state index contributed by atoms with van der Waals surface area (Å²) >= 11 is 0. The van der Waals surface area contributed by atoms with Crippen LogP contribution >= 0.6 is 0 Å². The van der Waals surface area contributed by atoms with E-state index in [0.717, 1.165) is 69.6 Å². The predicted molar refractivity (Wildman–Crippen MR) is 150 cm³/mol. The molecule has 0 aromatic heterocycles. The SMILES string of the molecule is C[C@]12CC[C@H]3C(CC[C@@]4(C)[C@@H](Oc5ccccc5)[C@@H](O)CC[C@]34C)[C@@H]1[C@@H]1CC1CN2C(=O)[C@H]1CCC[C@H](F)C1. The molecule has 1 aromatic rings. The van der Waals surface area contributed by atoms with E-state index < -0.39 is 12.3 Å². The van der Waals surface area contributed by atoms with E-state index in [1.54, 1.807) is 0 Å². The fourth-order valence-electron chi connectivity index (χ4n) is 11.1. The van der Waals surface area contributed by atoms with Crippen molar-refractivity contribution < 1.29 is 19.0 Å². The van der Waals surface area contributed by atoms with Crippen molar-refractivity contribution in [2.45, 2.75) is 115 Å². The Morgan fingerprint density at radius 2 is 1.72 bits per heavy atom. The maximum absolute atomic E-state index is 14.3. The second kappa shape index (κ2) is 9.19. The molecule has 2 unspecified atom stereocenters. The van der Waals surface area contributed by atoms with Crippen LogP contribution in [0.3, 0.4) is 0 Å². The lowest BCUT2D eigenvalue weighted by Gasteiger charge is -2.68. The number of fused-ring (bicyclic) bond motifs is 7. The van der Waals surface area contributed by atoms with Crippen molar-refractivity contribution >= 4 is 5.91 Å². The van der Waals surface area contributed by atoms with E-state index in [-0.39, 0.29) is 34.3 Å². The van der Waals surface area contributed by atoms with Gasteiger partial charge in [0.1, 0.15) is 18.0 Å². The highest BCUT2D eigenvalue weighted by Crippen LogP contribution is 2.71. The van der Waals surface area contributed by atoms with Crippen LogP contribution in [0.25, 0.3) is 0 Å². The van der Waals surface area contributed by atoms with Crippen LogP contribution in [-0.4, -0.2) is 46.4 Å². The van der Waals surface area contributed by atoms with E-state index in [0.29, 0.717) is 36.5 Å². The Kier molecular flexibility index (Phi) is 6.20. The highest BCUT2D eigenvalue weighted by atomic mass is 19.1. The van der Waals surface area contributed by atoms with Crippen LogP contribution in [0.2, 0.25) is 0 Å². The number of carbonyl (C=O) groups excluding carboxylic acids is 1. The number of para-hydroxylation sites is 1. The standard InChI is InChI=1S/C34H48FNO3/c1-32-16-14-28(37)30(39-24-10-5-4-6-11-24)33(32,2)15-12-25-27(32)13-17-34(3)29(25)26-19-22(26)20-36(34)31(38)21-8-7-9-23(35)18-21/h4-6,10-11,21-23,25-30,37H,7-9,12-20H2,1-3H3/t21-,22?,23-,25?,26+,27-,28-,29+,30-,32+,33-,34-/m0/s1. The minimum atomic E-state index is -0.811. The second-order valence-corrected chi connectivity index (χ2v) is 15.1. The Balaban J connectivity index is 1.18. The van der Waals surface area contributed by atoms with E-state index in [9.17, 15) is 14.3 Å². The predicted octanol–water partition coefficient (Wildman–Crippen LogP) is 6.80. The summed E-state index contributed by atoms with van der Waals surface area (Å²) in [4.78, 5) is 16.3. The highest BCUT2D eigenvalue weighted by molar-refractivity contribution is 5.80. The molecule has 0 radical (unpaired) electrons. The first-order valence-corrected chi connectivity index (χ1v) is 16.0. The number of piperidine rings is 1. The Hall–Kier alpha value is -1.62. The van der Waals surface area contributed by atoms with Crippen LogP contribution in [0.5, 0.6) is 5.75 Å². The van der Waals surface area contributed by atoms with Gasteiger partial charge >= 0.3 is 0 Å². The number of ether oxygens (including phenoxy) is 1. The van der Waals surface area contributed by atoms with Crippen molar-refractivity contribution in [2.75, 3.05) is 6.54 Å². The number of aliphatic hydroxyl groups excluding tert-OH is 1. The van der Waals surface area contributed by atoms with Crippen molar-refractivity contribution in [2.24, 2.45) is 46.3 Å². The number of halogens is 1. The molecule has 1 aliphatic heterocycles. The quantitative estimate of drug-likeness (QED) is 0.461. The molecule has 5 saturated carbocycles.